The lowest BCUT2D eigenvalue weighted by atomic mass is 10.1. The number of amides is 1. The van der Waals surface area contributed by atoms with Crippen molar-refractivity contribution in [2.24, 2.45) is 0 Å². The van der Waals surface area contributed by atoms with Crippen molar-refractivity contribution in [3.8, 4) is 0 Å². The lowest BCUT2D eigenvalue weighted by Crippen LogP contribution is -2.28. The second kappa shape index (κ2) is 5.48. The molecule has 5 heteroatoms. The summed E-state index contributed by atoms with van der Waals surface area (Å²) in [7, 11) is 1.40. The molecule has 0 radical (unpaired) electrons. The molecule has 2 aromatic carbocycles. The molecule has 2 nitrogen and oxygen atoms in total. The molecular formula is C14H10BrF2NO. The van der Waals surface area contributed by atoms with Gasteiger partial charge in [0.25, 0.3) is 5.91 Å². The summed E-state index contributed by atoms with van der Waals surface area (Å²) >= 11 is 3.01. The number of benzene rings is 2. The first-order chi connectivity index (χ1) is 9.02. The highest BCUT2D eigenvalue weighted by molar-refractivity contribution is 9.10. The number of hydrogen-bond donors (Lipinski definition) is 0. The predicted molar refractivity (Wildman–Crippen MR) is 73.2 cm³/mol. The molecule has 0 bridgehead atoms. The van der Waals surface area contributed by atoms with Gasteiger partial charge in [-0.3, -0.25) is 4.79 Å². The summed E-state index contributed by atoms with van der Waals surface area (Å²) in [6.07, 6.45) is 0. The van der Waals surface area contributed by atoms with Crippen molar-refractivity contribution in [3.63, 3.8) is 0 Å². The minimum absolute atomic E-state index is 0.104. The molecule has 2 aromatic rings. The molecule has 0 N–H and O–H groups in total. The van der Waals surface area contributed by atoms with Crippen molar-refractivity contribution in [2.45, 2.75) is 0 Å². The topological polar surface area (TPSA) is 20.3 Å². The van der Waals surface area contributed by atoms with E-state index < -0.39 is 17.5 Å². The highest BCUT2D eigenvalue weighted by Gasteiger charge is 2.20. The number of anilines is 1. The molecule has 0 spiro atoms. The average molecular weight is 326 g/mol. The third-order valence-electron chi connectivity index (χ3n) is 2.70. The maximum absolute atomic E-state index is 13.8. The third-order valence-corrected chi connectivity index (χ3v) is 3.31. The Morgan fingerprint density at radius 2 is 1.79 bits per heavy atom. The Kier molecular flexibility index (Phi) is 3.95. The van der Waals surface area contributed by atoms with E-state index in [9.17, 15) is 13.6 Å². The van der Waals surface area contributed by atoms with Crippen LogP contribution in [-0.2, 0) is 0 Å². The number of carbonyl (C=O) groups is 1. The molecule has 0 aliphatic heterocycles. The second-order valence-corrected chi connectivity index (χ2v) is 4.77. The Morgan fingerprint density at radius 3 is 2.47 bits per heavy atom. The molecule has 0 aliphatic carbocycles. The van der Waals surface area contributed by atoms with Gasteiger partial charge in [0.05, 0.1) is 15.7 Å². The van der Waals surface area contributed by atoms with Crippen molar-refractivity contribution in [2.75, 3.05) is 11.9 Å². The van der Waals surface area contributed by atoms with Gasteiger partial charge in [-0.05, 0) is 40.2 Å². The van der Waals surface area contributed by atoms with E-state index in [1.165, 1.54) is 37.4 Å². The first kappa shape index (κ1) is 13.7. The molecule has 1 amide bonds. The van der Waals surface area contributed by atoms with Crippen LogP contribution in [0.3, 0.4) is 0 Å². The molecule has 0 unspecified atom stereocenters. The monoisotopic (exact) mass is 325 g/mol. The first-order valence-corrected chi connectivity index (χ1v) is 6.28. The Morgan fingerprint density at radius 1 is 1.11 bits per heavy atom. The molecule has 0 aliphatic rings. The SMILES string of the molecule is CN(C(=O)c1cccc(Br)c1F)c1ccccc1F. The summed E-state index contributed by atoms with van der Waals surface area (Å²) in [6.45, 7) is 0. The number of para-hydroxylation sites is 1. The van der Waals surface area contributed by atoms with Crippen LogP contribution in [0.2, 0.25) is 0 Å². The summed E-state index contributed by atoms with van der Waals surface area (Å²) in [6, 6.07) is 10.3. The third kappa shape index (κ3) is 2.66. The number of nitrogens with zero attached hydrogens (tertiary/aromatic N) is 1. The Labute approximate surface area is 117 Å². The van der Waals surface area contributed by atoms with Gasteiger partial charge in [-0.1, -0.05) is 18.2 Å². The highest BCUT2D eigenvalue weighted by atomic mass is 79.9. The summed E-state index contributed by atoms with van der Waals surface area (Å²) in [5, 5.41) is 0. The number of hydrogen-bond acceptors (Lipinski definition) is 1. The molecule has 0 saturated carbocycles. The van der Waals surface area contributed by atoms with Crippen molar-refractivity contribution >= 4 is 27.5 Å². The minimum atomic E-state index is -0.657. The number of halogens is 3. The molecule has 0 aromatic heterocycles. The van der Waals surface area contributed by atoms with Gasteiger partial charge < -0.3 is 4.90 Å². The van der Waals surface area contributed by atoms with Crippen LogP contribution < -0.4 is 4.90 Å². The first-order valence-electron chi connectivity index (χ1n) is 5.49. The average Bonchev–Trinajstić information content (AvgIpc) is 2.41. The van der Waals surface area contributed by atoms with Gasteiger partial charge in [0, 0.05) is 7.05 Å². The summed E-state index contributed by atoms with van der Waals surface area (Å²) in [5.41, 5.74) is -0.00740. The smallest absolute Gasteiger partial charge is 0.261 e. The molecule has 98 valence electrons. The lowest BCUT2D eigenvalue weighted by molar-refractivity contribution is 0.0988. The number of rotatable bonds is 2. The van der Waals surface area contributed by atoms with Crippen LogP contribution in [0.15, 0.2) is 46.9 Å². The fourth-order valence-electron chi connectivity index (χ4n) is 1.68. The van der Waals surface area contributed by atoms with Crippen molar-refractivity contribution in [1.82, 2.24) is 0 Å². The Balaban J connectivity index is 2.40. The fraction of sp³-hybridized carbons (Fsp3) is 0.0714. The van der Waals surface area contributed by atoms with Crippen LogP contribution in [0.25, 0.3) is 0 Å². The fourth-order valence-corrected chi connectivity index (χ4v) is 2.05. The van der Waals surface area contributed by atoms with Gasteiger partial charge in [-0.25, -0.2) is 8.78 Å². The van der Waals surface area contributed by atoms with Gasteiger partial charge in [-0.15, -0.1) is 0 Å². The van der Waals surface area contributed by atoms with Crippen molar-refractivity contribution in [1.29, 1.82) is 0 Å². The van der Waals surface area contributed by atoms with Crippen LogP contribution >= 0.6 is 15.9 Å². The van der Waals surface area contributed by atoms with Gasteiger partial charge >= 0.3 is 0 Å². The zero-order valence-electron chi connectivity index (χ0n) is 10.0. The lowest BCUT2D eigenvalue weighted by Gasteiger charge is -2.18. The molecular weight excluding hydrogens is 316 g/mol. The normalized spacial score (nSPS) is 10.3. The van der Waals surface area contributed by atoms with E-state index in [1.807, 2.05) is 0 Å². The van der Waals surface area contributed by atoms with Crippen LogP contribution in [0.4, 0.5) is 14.5 Å². The molecule has 0 saturated heterocycles. The van der Waals surface area contributed by atoms with E-state index in [4.69, 9.17) is 0 Å². The van der Waals surface area contributed by atoms with Crippen molar-refractivity contribution in [3.05, 3.63) is 64.1 Å². The summed E-state index contributed by atoms with van der Waals surface area (Å²) < 4.78 is 27.6. The largest absolute Gasteiger partial charge is 0.309 e. The maximum atomic E-state index is 13.8. The second-order valence-electron chi connectivity index (χ2n) is 3.92. The standard InChI is InChI=1S/C14H10BrF2NO/c1-18(12-8-3-2-7-11(12)16)14(19)9-5-4-6-10(15)13(9)17/h2-8H,1H3. The van der Waals surface area contributed by atoms with Crippen LogP contribution in [0.5, 0.6) is 0 Å². The van der Waals surface area contributed by atoms with Gasteiger partial charge in [-0.2, -0.15) is 0 Å². The van der Waals surface area contributed by atoms with E-state index in [0.717, 1.165) is 4.90 Å². The minimum Gasteiger partial charge on any atom is -0.309 e. The molecule has 19 heavy (non-hydrogen) atoms. The van der Waals surface area contributed by atoms with Gasteiger partial charge in [0.1, 0.15) is 11.6 Å². The summed E-state index contributed by atoms with van der Waals surface area (Å²) in [5.74, 6) is -1.80. The Hall–Kier alpha value is -1.75. The molecule has 0 atom stereocenters. The van der Waals surface area contributed by atoms with Crippen molar-refractivity contribution < 1.29 is 13.6 Å². The Bertz CT molecular complexity index is 631. The molecule has 0 fully saturated rings. The van der Waals surface area contributed by atoms with E-state index in [2.05, 4.69) is 15.9 Å². The predicted octanol–water partition coefficient (Wildman–Crippen LogP) is 4.00. The van der Waals surface area contributed by atoms with Crippen LogP contribution in [-0.4, -0.2) is 13.0 Å². The number of carbonyl (C=O) groups excluding carboxylic acids is 1. The van der Waals surface area contributed by atoms with Crippen LogP contribution in [0.1, 0.15) is 10.4 Å². The van der Waals surface area contributed by atoms with E-state index in [-0.39, 0.29) is 15.7 Å². The molecule has 0 heterocycles. The summed E-state index contributed by atoms with van der Waals surface area (Å²) in [4.78, 5) is 13.3. The van der Waals surface area contributed by atoms with Crippen LogP contribution in [0, 0.1) is 11.6 Å². The quantitative estimate of drug-likeness (QED) is 0.817. The zero-order valence-corrected chi connectivity index (χ0v) is 11.6. The zero-order chi connectivity index (χ0) is 14.0. The van der Waals surface area contributed by atoms with Gasteiger partial charge in [0.2, 0.25) is 0 Å². The van der Waals surface area contributed by atoms with E-state index in [1.54, 1.807) is 12.1 Å². The highest BCUT2D eigenvalue weighted by Crippen LogP contribution is 2.23. The molecule has 2 rings (SSSR count). The van der Waals surface area contributed by atoms with Gasteiger partial charge in [0.15, 0.2) is 0 Å². The maximum Gasteiger partial charge on any atom is 0.261 e. The van der Waals surface area contributed by atoms with E-state index >= 15 is 0 Å². The van der Waals surface area contributed by atoms with E-state index in [0.29, 0.717) is 0 Å².